The largest absolute Gasteiger partial charge is 0.324 e. The summed E-state index contributed by atoms with van der Waals surface area (Å²) >= 11 is 3.28. The number of benzene rings is 1. The van der Waals surface area contributed by atoms with Crippen molar-refractivity contribution >= 4 is 27.5 Å². The number of nitrogens with one attached hydrogen (secondary N) is 1. The first-order chi connectivity index (χ1) is 8.60. The van der Waals surface area contributed by atoms with E-state index in [1.807, 2.05) is 6.07 Å². The third-order valence-electron chi connectivity index (χ3n) is 2.98. The maximum absolute atomic E-state index is 11.9. The average Bonchev–Trinajstić information content (AvgIpc) is 3.15. The molecule has 5 heteroatoms. The van der Waals surface area contributed by atoms with Crippen molar-refractivity contribution in [1.82, 2.24) is 0 Å². The van der Waals surface area contributed by atoms with Crippen molar-refractivity contribution in [3.8, 4) is 6.07 Å². The molecular weight excluding hydrogens is 294 g/mol. The first-order valence-electron chi connectivity index (χ1n) is 5.86. The summed E-state index contributed by atoms with van der Waals surface area (Å²) in [4.78, 5) is 11.9. The second kappa shape index (κ2) is 5.51. The normalized spacial score (nSPS) is 15.8. The predicted octanol–water partition coefficient (Wildman–Crippen LogP) is 2.39. The lowest BCUT2D eigenvalue weighted by Crippen LogP contribution is -2.36. The summed E-state index contributed by atoms with van der Waals surface area (Å²) in [6, 6.07) is 6.70. The summed E-state index contributed by atoms with van der Waals surface area (Å²) in [7, 11) is 0. The fraction of sp³-hybridized carbons (Fsp3) is 0.385. The third kappa shape index (κ3) is 3.31. The molecule has 1 aromatic rings. The summed E-state index contributed by atoms with van der Waals surface area (Å²) in [5.41, 5.74) is 6.76. The molecule has 0 aromatic heterocycles. The Morgan fingerprint density at radius 2 is 2.33 bits per heavy atom. The van der Waals surface area contributed by atoms with E-state index in [4.69, 9.17) is 11.0 Å². The van der Waals surface area contributed by atoms with Gasteiger partial charge in [-0.25, -0.2) is 0 Å². The van der Waals surface area contributed by atoms with E-state index in [2.05, 4.69) is 21.2 Å². The van der Waals surface area contributed by atoms with Crippen molar-refractivity contribution in [2.45, 2.75) is 25.3 Å². The number of amides is 1. The van der Waals surface area contributed by atoms with Crippen LogP contribution in [0, 0.1) is 17.2 Å². The van der Waals surface area contributed by atoms with E-state index in [0.29, 0.717) is 17.2 Å². The maximum Gasteiger partial charge on any atom is 0.241 e. The van der Waals surface area contributed by atoms with Crippen LogP contribution in [0.15, 0.2) is 22.7 Å². The molecule has 1 saturated carbocycles. The molecule has 3 N–H and O–H groups in total. The van der Waals surface area contributed by atoms with Gasteiger partial charge in [0, 0.05) is 4.47 Å². The molecule has 0 aliphatic heterocycles. The highest BCUT2D eigenvalue weighted by atomic mass is 79.9. The Labute approximate surface area is 114 Å². The minimum Gasteiger partial charge on any atom is -0.324 e. The molecule has 0 radical (unpaired) electrons. The number of nitrogens with two attached hydrogens (primary N) is 1. The van der Waals surface area contributed by atoms with E-state index in [1.54, 1.807) is 18.2 Å². The second-order valence-electron chi connectivity index (χ2n) is 4.58. The summed E-state index contributed by atoms with van der Waals surface area (Å²) < 4.78 is 0.805. The number of hydrogen-bond donors (Lipinski definition) is 2. The number of nitrogens with zero attached hydrogens (tertiary/aromatic N) is 1. The monoisotopic (exact) mass is 307 g/mol. The van der Waals surface area contributed by atoms with Crippen molar-refractivity contribution in [2.24, 2.45) is 11.7 Å². The topological polar surface area (TPSA) is 78.9 Å². The smallest absolute Gasteiger partial charge is 0.241 e. The van der Waals surface area contributed by atoms with Crippen LogP contribution in [-0.4, -0.2) is 11.9 Å². The minimum atomic E-state index is -0.493. The van der Waals surface area contributed by atoms with E-state index < -0.39 is 6.04 Å². The molecule has 94 valence electrons. The number of carbonyl (C=O) groups is 1. The Hall–Kier alpha value is -1.38. The molecule has 0 heterocycles. The number of carbonyl (C=O) groups excluding carboxylic acids is 1. The molecule has 4 nitrogen and oxygen atoms in total. The molecule has 0 spiro atoms. The van der Waals surface area contributed by atoms with Crippen LogP contribution in [0.1, 0.15) is 24.8 Å². The lowest BCUT2D eigenvalue weighted by Gasteiger charge is -2.12. The molecule has 1 aliphatic carbocycles. The zero-order chi connectivity index (χ0) is 13.1. The molecule has 1 fully saturated rings. The van der Waals surface area contributed by atoms with E-state index in [-0.39, 0.29) is 5.91 Å². The van der Waals surface area contributed by atoms with Crippen LogP contribution >= 0.6 is 15.9 Å². The molecule has 1 unspecified atom stereocenters. The van der Waals surface area contributed by atoms with E-state index in [9.17, 15) is 4.79 Å². The standard InChI is InChI=1S/C13H14BrN3O/c14-10-3-4-12(9(6-10)7-15)17-13(18)11(16)5-8-1-2-8/h3-4,6,8,11H,1-2,5,16H2,(H,17,18). The van der Waals surface area contributed by atoms with Gasteiger partial charge in [-0.2, -0.15) is 5.26 Å². The molecule has 1 amide bonds. The highest BCUT2D eigenvalue weighted by Gasteiger charge is 2.27. The SMILES string of the molecule is N#Cc1cc(Br)ccc1NC(=O)C(N)CC1CC1. The molecule has 0 bridgehead atoms. The summed E-state index contributed by atoms with van der Waals surface area (Å²) in [6.07, 6.45) is 3.07. The fourth-order valence-electron chi connectivity index (χ4n) is 1.76. The second-order valence-corrected chi connectivity index (χ2v) is 5.49. The zero-order valence-electron chi connectivity index (χ0n) is 9.82. The van der Waals surface area contributed by atoms with Gasteiger partial charge in [0.05, 0.1) is 17.3 Å². The van der Waals surface area contributed by atoms with E-state index in [1.165, 1.54) is 12.8 Å². The number of halogens is 1. The zero-order valence-corrected chi connectivity index (χ0v) is 11.4. The van der Waals surface area contributed by atoms with Gasteiger partial charge < -0.3 is 11.1 Å². The van der Waals surface area contributed by atoms with Crippen LogP contribution in [0.4, 0.5) is 5.69 Å². The minimum absolute atomic E-state index is 0.222. The van der Waals surface area contributed by atoms with Crippen LogP contribution in [-0.2, 0) is 4.79 Å². The van der Waals surface area contributed by atoms with Crippen molar-refractivity contribution in [3.63, 3.8) is 0 Å². The van der Waals surface area contributed by atoms with Crippen LogP contribution < -0.4 is 11.1 Å². The van der Waals surface area contributed by atoms with Gasteiger partial charge in [0.25, 0.3) is 0 Å². The lowest BCUT2D eigenvalue weighted by molar-refractivity contribution is -0.117. The van der Waals surface area contributed by atoms with Crippen molar-refractivity contribution < 1.29 is 4.79 Å². The number of rotatable bonds is 4. The molecular formula is C13H14BrN3O. The molecule has 18 heavy (non-hydrogen) atoms. The highest BCUT2D eigenvalue weighted by Crippen LogP contribution is 2.33. The molecule has 1 atom stereocenters. The van der Waals surface area contributed by atoms with Gasteiger partial charge in [-0.05, 0) is 30.5 Å². The summed E-state index contributed by atoms with van der Waals surface area (Å²) in [5, 5.41) is 11.7. The Morgan fingerprint density at radius 1 is 1.61 bits per heavy atom. The molecule has 1 aliphatic rings. The van der Waals surface area contributed by atoms with Crippen LogP contribution in [0.25, 0.3) is 0 Å². The summed E-state index contributed by atoms with van der Waals surface area (Å²) in [6.45, 7) is 0. The lowest BCUT2D eigenvalue weighted by atomic mass is 10.1. The van der Waals surface area contributed by atoms with E-state index in [0.717, 1.165) is 10.9 Å². The maximum atomic E-state index is 11.9. The Kier molecular flexibility index (Phi) is 4.00. The first kappa shape index (κ1) is 13.1. The van der Waals surface area contributed by atoms with Crippen LogP contribution in [0.2, 0.25) is 0 Å². The quantitative estimate of drug-likeness (QED) is 0.896. The highest BCUT2D eigenvalue weighted by molar-refractivity contribution is 9.10. The Balaban J connectivity index is 2.03. The van der Waals surface area contributed by atoms with Gasteiger partial charge in [0.1, 0.15) is 6.07 Å². The van der Waals surface area contributed by atoms with Gasteiger partial charge in [0.2, 0.25) is 5.91 Å². The number of hydrogen-bond acceptors (Lipinski definition) is 3. The van der Waals surface area contributed by atoms with E-state index >= 15 is 0 Å². The first-order valence-corrected chi connectivity index (χ1v) is 6.65. The third-order valence-corrected chi connectivity index (χ3v) is 3.47. The predicted molar refractivity (Wildman–Crippen MR) is 72.8 cm³/mol. The van der Waals surface area contributed by atoms with Gasteiger partial charge >= 0.3 is 0 Å². The van der Waals surface area contributed by atoms with Gasteiger partial charge in [0.15, 0.2) is 0 Å². The number of nitriles is 1. The molecule has 0 saturated heterocycles. The average molecular weight is 308 g/mol. The van der Waals surface area contributed by atoms with Gasteiger partial charge in [-0.1, -0.05) is 28.8 Å². The van der Waals surface area contributed by atoms with Crippen molar-refractivity contribution in [2.75, 3.05) is 5.32 Å². The molecule has 1 aromatic carbocycles. The van der Waals surface area contributed by atoms with Crippen molar-refractivity contribution in [1.29, 1.82) is 5.26 Å². The van der Waals surface area contributed by atoms with Crippen LogP contribution in [0.5, 0.6) is 0 Å². The Morgan fingerprint density at radius 3 is 2.94 bits per heavy atom. The number of anilines is 1. The fourth-order valence-corrected chi connectivity index (χ4v) is 2.12. The van der Waals surface area contributed by atoms with Crippen LogP contribution in [0.3, 0.4) is 0 Å². The van der Waals surface area contributed by atoms with Gasteiger partial charge in [-0.15, -0.1) is 0 Å². The van der Waals surface area contributed by atoms with Gasteiger partial charge in [-0.3, -0.25) is 4.79 Å². The summed E-state index contributed by atoms with van der Waals surface area (Å²) in [5.74, 6) is 0.381. The van der Waals surface area contributed by atoms with Crippen molar-refractivity contribution in [3.05, 3.63) is 28.2 Å². The molecule has 2 rings (SSSR count). The Bertz CT molecular complexity index is 505.